The lowest BCUT2D eigenvalue weighted by Crippen LogP contribution is -2.36. The zero-order valence-corrected chi connectivity index (χ0v) is 14.2. The molecular formula is C19H33F3. The smallest absolute Gasteiger partial charge is 0.162 e. The van der Waals surface area contributed by atoms with E-state index in [1.165, 1.54) is 38.5 Å². The Bertz CT molecular complexity index is 302. The maximum Gasteiger partial charge on any atom is 0.162 e. The van der Waals surface area contributed by atoms with Gasteiger partial charge in [-0.15, -0.1) is 0 Å². The summed E-state index contributed by atoms with van der Waals surface area (Å²) in [6, 6.07) is 0. The highest BCUT2D eigenvalue weighted by Gasteiger charge is 2.37. The van der Waals surface area contributed by atoms with Gasteiger partial charge in [-0.1, -0.05) is 32.6 Å². The normalized spacial score (nSPS) is 37.5. The molecule has 0 aromatic rings. The summed E-state index contributed by atoms with van der Waals surface area (Å²) in [4.78, 5) is 0. The van der Waals surface area contributed by atoms with Crippen molar-refractivity contribution in [3.05, 3.63) is 0 Å². The summed E-state index contributed by atoms with van der Waals surface area (Å²) in [6.07, 6.45) is 6.29. The Labute approximate surface area is 134 Å². The van der Waals surface area contributed by atoms with Gasteiger partial charge in [0.1, 0.15) is 12.3 Å². The average Bonchev–Trinajstić information content (AvgIpc) is 2.54. The number of halogens is 3. The minimum atomic E-state index is -1.94. The van der Waals surface area contributed by atoms with Gasteiger partial charge in [-0.3, -0.25) is 0 Å². The quantitative estimate of drug-likeness (QED) is 0.529. The summed E-state index contributed by atoms with van der Waals surface area (Å²) in [5.74, 6) is 2.16. The Kier molecular flexibility index (Phi) is 7.08. The van der Waals surface area contributed by atoms with Gasteiger partial charge < -0.3 is 0 Å². The van der Waals surface area contributed by atoms with Crippen LogP contribution in [0.3, 0.4) is 0 Å². The van der Waals surface area contributed by atoms with Gasteiger partial charge in [0.05, 0.1) is 0 Å². The largest absolute Gasteiger partial charge is 0.244 e. The third-order valence-corrected chi connectivity index (χ3v) is 6.26. The first kappa shape index (κ1) is 18.1. The van der Waals surface area contributed by atoms with Crippen molar-refractivity contribution >= 4 is 0 Å². The van der Waals surface area contributed by atoms with Crippen molar-refractivity contribution in [1.29, 1.82) is 0 Å². The molecule has 0 aromatic heterocycles. The lowest BCUT2D eigenvalue weighted by atomic mass is 9.68. The molecule has 2 rings (SSSR count). The van der Waals surface area contributed by atoms with E-state index in [0.717, 1.165) is 44.4 Å². The predicted molar refractivity (Wildman–Crippen MR) is 86.2 cm³/mol. The molecule has 0 aromatic carbocycles. The first-order valence-electron chi connectivity index (χ1n) is 9.45. The predicted octanol–water partition coefficient (Wildman–Crippen LogP) is 6.43. The van der Waals surface area contributed by atoms with E-state index in [1.807, 2.05) is 0 Å². The summed E-state index contributed by atoms with van der Waals surface area (Å²) in [7, 11) is 0. The van der Waals surface area contributed by atoms with E-state index in [-0.39, 0.29) is 5.92 Å². The third-order valence-electron chi connectivity index (χ3n) is 6.26. The number of alkyl halides is 3. The Balaban J connectivity index is 1.73. The molecule has 0 heterocycles. The molecule has 3 atom stereocenters. The molecule has 22 heavy (non-hydrogen) atoms. The van der Waals surface area contributed by atoms with Crippen LogP contribution in [0.15, 0.2) is 0 Å². The number of rotatable bonds is 6. The van der Waals surface area contributed by atoms with Crippen LogP contribution in [-0.4, -0.2) is 18.5 Å². The highest BCUT2D eigenvalue weighted by atomic mass is 19.2. The highest BCUT2D eigenvalue weighted by molar-refractivity contribution is 4.87. The van der Waals surface area contributed by atoms with Crippen LogP contribution < -0.4 is 0 Å². The summed E-state index contributed by atoms with van der Waals surface area (Å²) < 4.78 is 40.5. The molecule has 2 aliphatic carbocycles. The number of hydrogen-bond acceptors (Lipinski definition) is 0. The molecule has 0 saturated heterocycles. The molecule has 0 nitrogen and oxygen atoms in total. The van der Waals surface area contributed by atoms with Gasteiger partial charge in [-0.25, -0.2) is 13.2 Å². The van der Waals surface area contributed by atoms with Crippen molar-refractivity contribution in [1.82, 2.24) is 0 Å². The second-order valence-corrected chi connectivity index (χ2v) is 7.81. The lowest BCUT2D eigenvalue weighted by molar-refractivity contribution is 0.0284. The molecule has 2 saturated carbocycles. The van der Waals surface area contributed by atoms with E-state index in [0.29, 0.717) is 5.92 Å². The SMILES string of the molecule is CCCC1CCC(C2CCC([C@H](F)[C@@H](F)[C@@H](C)F)CC2)CC1. The van der Waals surface area contributed by atoms with Crippen molar-refractivity contribution < 1.29 is 13.2 Å². The minimum absolute atomic E-state index is 0.263. The summed E-state index contributed by atoms with van der Waals surface area (Å²) in [5, 5.41) is 0. The van der Waals surface area contributed by atoms with Gasteiger partial charge in [0, 0.05) is 0 Å². The van der Waals surface area contributed by atoms with E-state index >= 15 is 0 Å². The molecule has 2 fully saturated rings. The molecule has 0 bridgehead atoms. The molecule has 130 valence electrons. The second-order valence-electron chi connectivity index (χ2n) is 7.81. The van der Waals surface area contributed by atoms with Gasteiger partial charge >= 0.3 is 0 Å². The summed E-state index contributed by atoms with van der Waals surface area (Å²) >= 11 is 0. The average molecular weight is 318 g/mol. The van der Waals surface area contributed by atoms with Crippen LogP contribution in [0.2, 0.25) is 0 Å². The van der Waals surface area contributed by atoms with Gasteiger partial charge in [-0.2, -0.15) is 0 Å². The Morgan fingerprint density at radius 3 is 1.77 bits per heavy atom. The minimum Gasteiger partial charge on any atom is -0.244 e. The van der Waals surface area contributed by atoms with Gasteiger partial charge in [-0.05, 0) is 69.1 Å². The van der Waals surface area contributed by atoms with Crippen LogP contribution in [0.5, 0.6) is 0 Å². The van der Waals surface area contributed by atoms with Crippen LogP contribution in [0, 0.1) is 23.7 Å². The van der Waals surface area contributed by atoms with Crippen molar-refractivity contribution in [2.45, 2.75) is 96.6 Å². The fourth-order valence-electron chi connectivity index (χ4n) is 4.80. The fraction of sp³-hybridized carbons (Fsp3) is 1.00. The highest BCUT2D eigenvalue weighted by Crippen LogP contribution is 2.43. The van der Waals surface area contributed by atoms with Crippen molar-refractivity contribution in [3.63, 3.8) is 0 Å². The maximum atomic E-state index is 14.0. The summed E-state index contributed by atoms with van der Waals surface area (Å²) in [6.45, 7) is 3.38. The van der Waals surface area contributed by atoms with Gasteiger partial charge in [0.15, 0.2) is 6.17 Å². The molecule has 0 unspecified atom stereocenters. The fourth-order valence-corrected chi connectivity index (χ4v) is 4.80. The van der Waals surface area contributed by atoms with Gasteiger partial charge in [0.2, 0.25) is 0 Å². The zero-order valence-electron chi connectivity index (χ0n) is 14.2. The van der Waals surface area contributed by atoms with Crippen LogP contribution in [0.4, 0.5) is 13.2 Å². The van der Waals surface area contributed by atoms with Crippen LogP contribution in [0.25, 0.3) is 0 Å². The molecule has 2 aliphatic rings. The second kappa shape index (κ2) is 8.59. The molecule has 0 amide bonds. The monoisotopic (exact) mass is 318 g/mol. The summed E-state index contributed by atoms with van der Waals surface area (Å²) in [5.41, 5.74) is 0. The van der Waals surface area contributed by atoms with Crippen molar-refractivity contribution in [3.8, 4) is 0 Å². The van der Waals surface area contributed by atoms with E-state index in [2.05, 4.69) is 6.92 Å². The molecule has 3 heteroatoms. The molecule has 0 N–H and O–H groups in total. The van der Waals surface area contributed by atoms with E-state index in [1.54, 1.807) is 0 Å². The first-order valence-corrected chi connectivity index (χ1v) is 9.45. The molecular weight excluding hydrogens is 285 g/mol. The molecule has 0 aliphatic heterocycles. The maximum absolute atomic E-state index is 14.0. The van der Waals surface area contributed by atoms with Crippen LogP contribution >= 0.6 is 0 Å². The lowest BCUT2D eigenvalue weighted by Gasteiger charge is -2.39. The zero-order chi connectivity index (χ0) is 16.1. The Hall–Kier alpha value is -0.210. The Morgan fingerprint density at radius 1 is 0.818 bits per heavy atom. The topological polar surface area (TPSA) is 0 Å². The van der Waals surface area contributed by atoms with E-state index in [4.69, 9.17) is 0 Å². The standard InChI is InChI=1S/C19H33F3/c1-3-4-14-5-7-15(8-6-14)16-9-11-17(12-10-16)19(22)18(21)13(2)20/h13-19H,3-12H2,1-2H3/t13-,14?,15?,16?,17?,18+,19+/m1/s1. The van der Waals surface area contributed by atoms with Crippen molar-refractivity contribution in [2.75, 3.05) is 0 Å². The first-order chi connectivity index (χ1) is 10.5. The van der Waals surface area contributed by atoms with E-state index in [9.17, 15) is 13.2 Å². The van der Waals surface area contributed by atoms with Crippen molar-refractivity contribution in [2.24, 2.45) is 23.7 Å². The third kappa shape index (κ3) is 4.64. The molecule has 0 radical (unpaired) electrons. The van der Waals surface area contributed by atoms with Gasteiger partial charge in [0.25, 0.3) is 0 Å². The number of hydrogen-bond donors (Lipinski definition) is 0. The van der Waals surface area contributed by atoms with E-state index < -0.39 is 18.5 Å². The molecule has 0 spiro atoms. The van der Waals surface area contributed by atoms with Crippen LogP contribution in [-0.2, 0) is 0 Å². The Morgan fingerprint density at radius 2 is 1.32 bits per heavy atom. The van der Waals surface area contributed by atoms with Crippen LogP contribution in [0.1, 0.15) is 78.1 Å².